The highest BCUT2D eigenvalue weighted by molar-refractivity contribution is 5.64. The quantitative estimate of drug-likeness (QED) is 0.281. The second-order valence-corrected chi connectivity index (χ2v) is 8.55. The largest absolute Gasteiger partial charge is 0.0613 e. The maximum atomic E-state index is 2.28. The molecular weight excluding hydrogens is 372 g/mol. The molecule has 0 nitrogen and oxygen atoms in total. The van der Waals surface area contributed by atoms with Crippen LogP contribution in [0.5, 0.6) is 0 Å². The smallest absolute Gasteiger partial charge is 0.0184 e. The summed E-state index contributed by atoms with van der Waals surface area (Å²) < 4.78 is 0. The minimum Gasteiger partial charge on any atom is -0.0613 e. The molecule has 0 aliphatic heterocycles. The van der Waals surface area contributed by atoms with Crippen molar-refractivity contribution in [3.05, 3.63) is 130 Å². The van der Waals surface area contributed by atoms with Crippen LogP contribution >= 0.6 is 0 Å². The molecule has 156 valence electrons. The molecule has 0 aliphatic carbocycles. The van der Waals surface area contributed by atoms with Gasteiger partial charge in [-0.1, -0.05) is 110 Å². The lowest BCUT2D eigenvalue weighted by Crippen LogP contribution is -1.93. The van der Waals surface area contributed by atoms with Crippen molar-refractivity contribution < 1.29 is 0 Å². The number of aryl methyl sites for hydroxylation is 6. The standard InChI is InChI=1S/C31H32/c1-3-25-8-10-27(11-9-25)13-15-29-18-22-31(23-19-29)30-20-16-28(17-21-30)14-12-26-6-4-24(2)5-7-26/h4-11,16-23H,3,12-15H2,1-2H3. The van der Waals surface area contributed by atoms with Crippen LogP contribution in [0.4, 0.5) is 0 Å². The molecule has 4 aromatic rings. The fourth-order valence-electron chi connectivity index (χ4n) is 4.00. The van der Waals surface area contributed by atoms with Crippen LogP contribution in [0.15, 0.2) is 97.1 Å². The molecule has 4 rings (SSSR count). The summed E-state index contributed by atoms with van der Waals surface area (Å²) in [6.45, 7) is 4.34. The van der Waals surface area contributed by atoms with Crippen LogP contribution in [0, 0.1) is 6.92 Å². The lowest BCUT2D eigenvalue weighted by Gasteiger charge is -2.07. The SMILES string of the molecule is CCc1ccc(CCc2ccc(-c3ccc(CCc4ccc(C)cc4)cc3)cc2)cc1. The van der Waals surface area contributed by atoms with Gasteiger partial charge in [0.2, 0.25) is 0 Å². The van der Waals surface area contributed by atoms with E-state index in [1.807, 2.05) is 0 Å². The Morgan fingerprint density at radius 3 is 1.03 bits per heavy atom. The van der Waals surface area contributed by atoms with Gasteiger partial charge < -0.3 is 0 Å². The molecule has 0 atom stereocenters. The van der Waals surface area contributed by atoms with E-state index in [4.69, 9.17) is 0 Å². The average molecular weight is 405 g/mol. The third kappa shape index (κ3) is 5.95. The van der Waals surface area contributed by atoms with E-state index in [2.05, 4.69) is 111 Å². The molecule has 0 saturated carbocycles. The summed E-state index contributed by atoms with van der Waals surface area (Å²) in [4.78, 5) is 0. The van der Waals surface area contributed by atoms with Crippen LogP contribution in [0.1, 0.15) is 40.3 Å². The van der Waals surface area contributed by atoms with Crippen molar-refractivity contribution in [3.63, 3.8) is 0 Å². The Hall–Kier alpha value is -3.12. The Kier molecular flexibility index (Phi) is 6.99. The van der Waals surface area contributed by atoms with E-state index in [9.17, 15) is 0 Å². The summed E-state index contributed by atoms with van der Waals surface area (Å²) in [7, 11) is 0. The highest BCUT2D eigenvalue weighted by atomic mass is 14.1. The first kappa shape index (κ1) is 21.1. The Morgan fingerprint density at radius 1 is 0.387 bits per heavy atom. The Bertz CT molecular complexity index is 1070. The molecule has 0 heteroatoms. The van der Waals surface area contributed by atoms with Gasteiger partial charge in [-0.3, -0.25) is 0 Å². The van der Waals surface area contributed by atoms with Crippen LogP contribution in [0.2, 0.25) is 0 Å². The van der Waals surface area contributed by atoms with Crippen LogP contribution in [-0.4, -0.2) is 0 Å². The van der Waals surface area contributed by atoms with Gasteiger partial charge >= 0.3 is 0 Å². The molecule has 0 amide bonds. The van der Waals surface area contributed by atoms with Crippen molar-refractivity contribution in [1.29, 1.82) is 0 Å². The molecule has 0 heterocycles. The van der Waals surface area contributed by atoms with Crippen molar-refractivity contribution in [2.75, 3.05) is 0 Å². The van der Waals surface area contributed by atoms with E-state index >= 15 is 0 Å². The first-order valence-corrected chi connectivity index (χ1v) is 11.5. The Balaban J connectivity index is 1.32. The fourth-order valence-corrected chi connectivity index (χ4v) is 4.00. The van der Waals surface area contributed by atoms with Crippen molar-refractivity contribution in [1.82, 2.24) is 0 Å². The fraction of sp³-hybridized carbons (Fsp3) is 0.226. The molecule has 0 aliphatic rings. The zero-order valence-corrected chi connectivity index (χ0v) is 18.8. The number of hydrogen-bond acceptors (Lipinski definition) is 0. The van der Waals surface area contributed by atoms with Gasteiger partial charge in [0.1, 0.15) is 0 Å². The van der Waals surface area contributed by atoms with E-state index < -0.39 is 0 Å². The Labute approximate surface area is 187 Å². The molecule has 31 heavy (non-hydrogen) atoms. The first-order valence-electron chi connectivity index (χ1n) is 11.5. The van der Waals surface area contributed by atoms with Gasteiger partial charge in [-0.15, -0.1) is 0 Å². The van der Waals surface area contributed by atoms with Crippen molar-refractivity contribution in [2.45, 2.75) is 46.0 Å². The minimum atomic E-state index is 1.08. The highest BCUT2D eigenvalue weighted by Gasteiger charge is 2.02. The molecule has 4 aromatic carbocycles. The summed E-state index contributed by atoms with van der Waals surface area (Å²) in [5, 5.41) is 0. The molecule has 0 radical (unpaired) electrons. The number of benzene rings is 4. The third-order valence-electron chi connectivity index (χ3n) is 6.20. The lowest BCUT2D eigenvalue weighted by atomic mass is 9.98. The first-order chi connectivity index (χ1) is 15.2. The zero-order chi connectivity index (χ0) is 21.5. The van der Waals surface area contributed by atoms with Crippen LogP contribution in [0.25, 0.3) is 11.1 Å². The van der Waals surface area contributed by atoms with Gasteiger partial charge in [0, 0.05) is 0 Å². The van der Waals surface area contributed by atoms with Gasteiger partial charge in [0.05, 0.1) is 0 Å². The molecular formula is C31H32. The maximum absolute atomic E-state index is 2.28. The monoisotopic (exact) mass is 404 g/mol. The normalized spacial score (nSPS) is 10.9. The van der Waals surface area contributed by atoms with E-state index in [1.54, 1.807) is 0 Å². The van der Waals surface area contributed by atoms with Gasteiger partial charge in [0.25, 0.3) is 0 Å². The topological polar surface area (TPSA) is 0 Å². The minimum absolute atomic E-state index is 1.08. The van der Waals surface area contributed by atoms with Crippen molar-refractivity contribution in [2.24, 2.45) is 0 Å². The molecule has 0 unspecified atom stereocenters. The van der Waals surface area contributed by atoms with E-state index in [1.165, 1.54) is 44.5 Å². The Morgan fingerprint density at radius 2 is 0.677 bits per heavy atom. The van der Waals surface area contributed by atoms with E-state index in [0.717, 1.165) is 32.1 Å². The highest BCUT2D eigenvalue weighted by Crippen LogP contribution is 2.22. The molecule has 0 fully saturated rings. The number of hydrogen-bond donors (Lipinski definition) is 0. The summed E-state index contributed by atoms with van der Waals surface area (Å²) in [5.41, 5.74) is 10.9. The van der Waals surface area contributed by atoms with Crippen molar-refractivity contribution >= 4 is 0 Å². The summed E-state index contributed by atoms with van der Waals surface area (Å²) in [6, 6.07) is 36.1. The molecule has 0 N–H and O–H groups in total. The maximum Gasteiger partial charge on any atom is -0.0184 e. The third-order valence-corrected chi connectivity index (χ3v) is 6.20. The van der Waals surface area contributed by atoms with Gasteiger partial charge in [0.15, 0.2) is 0 Å². The zero-order valence-electron chi connectivity index (χ0n) is 18.8. The van der Waals surface area contributed by atoms with E-state index in [0.29, 0.717) is 0 Å². The molecule has 0 aromatic heterocycles. The van der Waals surface area contributed by atoms with Crippen molar-refractivity contribution in [3.8, 4) is 11.1 Å². The second kappa shape index (κ2) is 10.3. The van der Waals surface area contributed by atoms with Gasteiger partial charge in [-0.05, 0) is 78.0 Å². The van der Waals surface area contributed by atoms with Crippen LogP contribution in [-0.2, 0) is 32.1 Å². The molecule has 0 spiro atoms. The lowest BCUT2D eigenvalue weighted by molar-refractivity contribution is 0.957. The number of rotatable bonds is 8. The van der Waals surface area contributed by atoms with Crippen LogP contribution < -0.4 is 0 Å². The summed E-state index contributed by atoms with van der Waals surface area (Å²) in [5.74, 6) is 0. The molecule has 0 saturated heterocycles. The summed E-state index contributed by atoms with van der Waals surface area (Å²) in [6.07, 6.45) is 5.47. The molecule has 0 bridgehead atoms. The summed E-state index contributed by atoms with van der Waals surface area (Å²) >= 11 is 0. The average Bonchev–Trinajstić information content (AvgIpc) is 2.83. The van der Waals surface area contributed by atoms with Gasteiger partial charge in [-0.25, -0.2) is 0 Å². The van der Waals surface area contributed by atoms with Gasteiger partial charge in [-0.2, -0.15) is 0 Å². The van der Waals surface area contributed by atoms with Crippen LogP contribution in [0.3, 0.4) is 0 Å². The second-order valence-electron chi connectivity index (χ2n) is 8.55. The predicted octanol–water partition coefficient (Wildman–Crippen LogP) is 7.79. The van der Waals surface area contributed by atoms with E-state index in [-0.39, 0.29) is 0 Å². The predicted molar refractivity (Wildman–Crippen MR) is 134 cm³/mol.